The maximum atomic E-state index is 5.92. The van der Waals surface area contributed by atoms with Gasteiger partial charge in [-0.15, -0.1) is 0 Å². The third-order valence-electron chi connectivity index (χ3n) is 5.52. The smallest absolute Gasteiger partial charge is 0.279 e. The molecule has 0 saturated heterocycles. The topological polar surface area (TPSA) is 64.8 Å². The summed E-state index contributed by atoms with van der Waals surface area (Å²) in [6, 6.07) is 14.1. The molecule has 145 valence electrons. The van der Waals surface area contributed by atoms with E-state index in [2.05, 4.69) is 39.7 Å². The van der Waals surface area contributed by atoms with E-state index in [-0.39, 0.29) is 0 Å². The molecule has 3 aliphatic heterocycles. The lowest BCUT2D eigenvalue weighted by atomic mass is 9.88. The fourth-order valence-electron chi connectivity index (χ4n) is 4.13. The number of hydrogen-bond donors (Lipinski definition) is 0. The molecule has 0 fully saturated rings. The van der Waals surface area contributed by atoms with Crippen LogP contribution in [-0.4, -0.2) is 18.5 Å². The monoisotopic (exact) mass is 394 g/mol. The number of ether oxygens (including phenoxy) is 2. The number of hydrogen-bond acceptors (Lipinski definition) is 6. The first-order chi connectivity index (χ1) is 14.9. The summed E-state index contributed by atoms with van der Waals surface area (Å²) in [5.41, 5.74) is 7.27. The quantitative estimate of drug-likeness (QED) is 0.739. The van der Waals surface area contributed by atoms with Gasteiger partial charge in [0.1, 0.15) is 18.1 Å². The summed E-state index contributed by atoms with van der Waals surface area (Å²) in [6.45, 7) is 0.456. The van der Waals surface area contributed by atoms with Gasteiger partial charge in [0.25, 0.3) is 6.40 Å². The maximum absolute atomic E-state index is 5.92. The summed E-state index contributed by atoms with van der Waals surface area (Å²) < 4.78 is 11.5. The Hall–Kier alpha value is -3.93. The summed E-state index contributed by atoms with van der Waals surface area (Å²) in [4.78, 5) is 14.4. The zero-order valence-electron chi connectivity index (χ0n) is 15.9. The summed E-state index contributed by atoms with van der Waals surface area (Å²) in [6.07, 6.45) is 10.4. The summed E-state index contributed by atoms with van der Waals surface area (Å²) in [5.74, 6) is 0.788. The van der Waals surface area contributed by atoms with Crippen LogP contribution in [0.3, 0.4) is 0 Å². The molecular formula is C24H16N3O3. The van der Waals surface area contributed by atoms with Crippen LogP contribution in [0.15, 0.2) is 92.9 Å². The second-order valence-corrected chi connectivity index (χ2v) is 7.19. The number of allylic oxidation sites excluding steroid dienone is 4. The fourth-order valence-corrected chi connectivity index (χ4v) is 4.13. The van der Waals surface area contributed by atoms with Gasteiger partial charge in [0.15, 0.2) is 12.5 Å². The molecule has 1 atom stereocenters. The molecular weight excluding hydrogens is 378 g/mol. The number of rotatable bonds is 2. The molecule has 1 unspecified atom stereocenters. The molecule has 6 nitrogen and oxygen atoms in total. The van der Waals surface area contributed by atoms with Gasteiger partial charge in [-0.2, -0.15) is 0 Å². The van der Waals surface area contributed by atoms with Crippen molar-refractivity contribution in [2.24, 2.45) is 15.1 Å². The maximum Gasteiger partial charge on any atom is 0.279 e. The number of nitrogens with zero attached hydrogens (tertiary/aromatic N) is 3. The largest absolute Gasteiger partial charge is 0.459 e. The molecule has 1 radical (unpaired) electrons. The SMILES string of the molecule is [C]1=Nc2cccc(C3=NOCc4ccccc43)c2C(C2=C3CC=CC=C3OC=N2)O1. The number of fused-ring (bicyclic) bond motifs is 3. The standard InChI is InChI=1S/C24H16N3O3/c1-2-7-16-15(6-1)12-30-27-22(16)18-9-5-10-19-21(18)24(29-13-25-19)23-17-8-3-4-11-20(17)28-14-26-23/h1-7,9-11,14,24H,8,12H2. The van der Waals surface area contributed by atoms with Crippen molar-refractivity contribution in [3.05, 3.63) is 100.0 Å². The lowest BCUT2D eigenvalue weighted by molar-refractivity contribution is 0.126. The van der Waals surface area contributed by atoms with Gasteiger partial charge >= 0.3 is 0 Å². The summed E-state index contributed by atoms with van der Waals surface area (Å²) >= 11 is 0. The van der Waals surface area contributed by atoms with Gasteiger partial charge in [0.05, 0.1) is 11.4 Å². The van der Waals surface area contributed by atoms with Gasteiger partial charge < -0.3 is 14.3 Å². The van der Waals surface area contributed by atoms with Gasteiger partial charge in [-0.25, -0.2) is 9.98 Å². The Morgan fingerprint density at radius 2 is 1.97 bits per heavy atom. The highest BCUT2D eigenvalue weighted by Gasteiger charge is 2.34. The number of oxime groups is 1. The van der Waals surface area contributed by atoms with Crippen LogP contribution in [-0.2, 0) is 20.9 Å². The van der Waals surface area contributed by atoms with Crippen molar-refractivity contribution >= 4 is 24.2 Å². The van der Waals surface area contributed by atoms with Gasteiger partial charge in [0.2, 0.25) is 0 Å². The van der Waals surface area contributed by atoms with Crippen molar-refractivity contribution in [1.29, 1.82) is 0 Å². The zero-order valence-corrected chi connectivity index (χ0v) is 15.9. The van der Waals surface area contributed by atoms with Crippen LogP contribution in [0.25, 0.3) is 0 Å². The molecule has 2 aromatic carbocycles. The Kier molecular flexibility index (Phi) is 3.87. The molecule has 0 spiro atoms. The van der Waals surface area contributed by atoms with Crippen molar-refractivity contribution < 1.29 is 14.3 Å². The minimum Gasteiger partial charge on any atom is -0.459 e. The molecule has 0 bridgehead atoms. The highest BCUT2D eigenvalue weighted by molar-refractivity contribution is 6.15. The Morgan fingerprint density at radius 1 is 1.03 bits per heavy atom. The van der Waals surface area contributed by atoms with Gasteiger partial charge in [0, 0.05) is 27.8 Å². The predicted molar refractivity (Wildman–Crippen MR) is 113 cm³/mol. The molecule has 30 heavy (non-hydrogen) atoms. The first-order valence-corrected chi connectivity index (χ1v) is 9.72. The highest BCUT2D eigenvalue weighted by atomic mass is 16.6. The highest BCUT2D eigenvalue weighted by Crippen LogP contribution is 2.43. The average molecular weight is 394 g/mol. The summed E-state index contributed by atoms with van der Waals surface area (Å²) in [7, 11) is 0. The summed E-state index contributed by atoms with van der Waals surface area (Å²) in [5, 5.41) is 4.41. The van der Waals surface area contributed by atoms with Crippen LogP contribution in [0.1, 0.15) is 34.8 Å². The van der Waals surface area contributed by atoms with Gasteiger partial charge in [-0.3, -0.25) is 0 Å². The van der Waals surface area contributed by atoms with E-state index >= 15 is 0 Å². The van der Waals surface area contributed by atoms with Crippen LogP contribution < -0.4 is 0 Å². The van der Waals surface area contributed by atoms with Crippen molar-refractivity contribution in [1.82, 2.24) is 0 Å². The van der Waals surface area contributed by atoms with Crippen LogP contribution in [0.5, 0.6) is 0 Å². The van der Waals surface area contributed by atoms with Crippen molar-refractivity contribution in [3.63, 3.8) is 0 Å². The molecule has 6 heteroatoms. The Balaban J connectivity index is 1.54. The molecule has 0 amide bonds. The van der Waals surface area contributed by atoms with Gasteiger partial charge in [-0.05, 0) is 18.6 Å². The Morgan fingerprint density at radius 3 is 2.97 bits per heavy atom. The minimum absolute atomic E-state index is 0.456. The van der Waals surface area contributed by atoms with Crippen molar-refractivity contribution in [3.8, 4) is 0 Å². The van der Waals surface area contributed by atoms with Gasteiger partial charge in [-0.1, -0.05) is 53.7 Å². The van der Waals surface area contributed by atoms with Crippen LogP contribution in [0.4, 0.5) is 5.69 Å². The molecule has 0 N–H and O–H groups in total. The molecule has 1 aliphatic carbocycles. The minimum atomic E-state index is -0.476. The Bertz CT molecular complexity index is 1230. The molecule has 6 rings (SSSR count). The van der Waals surface area contributed by atoms with Crippen LogP contribution >= 0.6 is 0 Å². The van der Waals surface area contributed by atoms with Crippen molar-refractivity contribution in [2.75, 3.05) is 0 Å². The van der Waals surface area contributed by atoms with E-state index < -0.39 is 6.10 Å². The number of benzene rings is 2. The first-order valence-electron chi connectivity index (χ1n) is 9.72. The molecule has 2 aromatic rings. The van der Waals surface area contributed by atoms with E-state index in [1.54, 1.807) is 0 Å². The van der Waals surface area contributed by atoms with E-state index in [4.69, 9.17) is 14.3 Å². The predicted octanol–water partition coefficient (Wildman–Crippen LogP) is 4.73. The normalized spacial score (nSPS) is 20.7. The lowest BCUT2D eigenvalue weighted by Crippen LogP contribution is -2.21. The van der Waals surface area contributed by atoms with E-state index in [1.807, 2.05) is 42.5 Å². The second-order valence-electron chi connectivity index (χ2n) is 7.19. The van der Waals surface area contributed by atoms with Crippen LogP contribution in [0.2, 0.25) is 0 Å². The molecule has 0 aromatic heterocycles. The average Bonchev–Trinajstić information content (AvgIpc) is 2.82. The molecule has 0 saturated carbocycles. The van der Waals surface area contributed by atoms with E-state index in [9.17, 15) is 0 Å². The third-order valence-corrected chi connectivity index (χ3v) is 5.52. The van der Waals surface area contributed by atoms with E-state index in [0.717, 1.165) is 57.1 Å². The first kappa shape index (κ1) is 17.0. The fraction of sp³-hybridized carbons (Fsp3) is 0.125. The van der Waals surface area contributed by atoms with E-state index in [0.29, 0.717) is 6.61 Å². The van der Waals surface area contributed by atoms with E-state index in [1.165, 1.54) is 6.40 Å². The van der Waals surface area contributed by atoms with Crippen LogP contribution in [0, 0.1) is 0 Å². The molecule has 4 aliphatic rings. The number of aliphatic imine (C=N–C) groups is 2. The zero-order chi connectivity index (χ0) is 19.9. The second kappa shape index (κ2) is 6.84. The Labute approximate surface area is 173 Å². The lowest BCUT2D eigenvalue weighted by Gasteiger charge is -2.29. The molecule has 3 heterocycles. The van der Waals surface area contributed by atoms with Crippen molar-refractivity contribution in [2.45, 2.75) is 19.1 Å². The third kappa shape index (κ3) is 2.61.